The zero-order valence-corrected chi connectivity index (χ0v) is 30.5. The number of nitrogens with zero attached hydrogens (tertiary/aromatic N) is 1. The topological polar surface area (TPSA) is 98.4 Å². The summed E-state index contributed by atoms with van der Waals surface area (Å²) < 4.78 is 22.7. The first-order valence-corrected chi connectivity index (χ1v) is 18.1. The van der Waals surface area contributed by atoms with Crippen LogP contribution in [0.25, 0.3) is 5.57 Å². The number of aryl methyl sites for hydroxylation is 1. The quantitative estimate of drug-likeness (QED) is 0.115. The standard InChI is InChI=1S/C38H42Cl3N3O6/c1-23-17-32(40)36(33(41)18-23)50-16-15-49-29-10-5-24(6-11-29)30-13-14-42-34(21-48-22-47-2)35(30)38(46)44(28-8-9-28)20-26-19-27(7-12-31(26)39)43-37(45)25-3-4-25/h5-7,10-12,17-19,25,28,34,42H,3-4,8-9,13-16,20-22H2,1-2H3,(H,43,45)/t34-/m1/s1. The van der Waals surface area contributed by atoms with E-state index in [1.807, 2.05) is 42.2 Å². The van der Waals surface area contributed by atoms with Gasteiger partial charge in [-0.2, -0.15) is 0 Å². The number of amides is 2. The molecule has 0 saturated heterocycles. The van der Waals surface area contributed by atoms with Gasteiger partial charge in [0.1, 0.15) is 25.8 Å². The first-order valence-electron chi connectivity index (χ1n) is 17.0. The zero-order valence-electron chi connectivity index (χ0n) is 28.2. The molecule has 12 heteroatoms. The Morgan fingerprint density at radius 1 is 0.920 bits per heavy atom. The lowest BCUT2D eigenvalue weighted by molar-refractivity contribution is -0.129. The summed E-state index contributed by atoms with van der Waals surface area (Å²) in [6.07, 6.45) is 4.33. The number of carbonyl (C=O) groups excluding carboxylic acids is 2. The van der Waals surface area contributed by atoms with E-state index >= 15 is 0 Å². The molecule has 266 valence electrons. The third kappa shape index (κ3) is 9.32. The maximum absolute atomic E-state index is 14.7. The molecule has 6 rings (SSSR count). The van der Waals surface area contributed by atoms with Crippen LogP contribution in [-0.2, 0) is 25.6 Å². The molecule has 0 aromatic heterocycles. The van der Waals surface area contributed by atoms with Crippen LogP contribution in [0.4, 0.5) is 5.69 Å². The Morgan fingerprint density at radius 3 is 2.32 bits per heavy atom. The molecular formula is C38H42Cl3N3O6. The van der Waals surface area contributed by atoms with Gasteiger partial charge < -0.3 is 34.5 Å². The summed E-state index contributed by atoms with van der Waals surface area (Å²) in [7, 11) is 1.57. The van der Waals surface area contributed by atoms with Crippen LogP contribution in [0, 0.1) is 12.8 Å². The van der Waals surface area contributed by atoms with Gasteiger partial charge in [0, 0.05) is 41.9 Å². The van der Waals surface area contributed by atoms with E-state index in [9.17, 15) is 9.59 Å². The fourth-order valence-electron chi connectivity index (χ4n) is 6.12. The molecule has 1 aliphatic heterocycles. The van der Waals surface area contributed by atoms with Crippen molar-refractivity contribution in [1.82, 2.24) is 10.2 Å². The molecule has 50 heavy (non-hydrogen) atoms. The van der Waals surface area contributed by atoms with E-state index in [0.717, 1.165) is 47.9 Å². The van der Waals surface area contributed by atoms with E-state index in [-0.39, 0.29) is 49.8 Å². The third-order valence-corrected chi connectivity index (χ3v) is 9.88. The average molecular weight is 743 g/mol. The van der Waals surface area contributed by atoms with Gasteiger partial charge in [0.25, 0.3) is 5.91 Å². The highest BCUT2D eigenvalue weighted by molar-refractivity contribution is 6.37. The maximum atomic E-state index is 14.7. The molecule has 0 radical (unpaired) electrons. The Kier molecular flexibility index (Phi) is 12.3. The fourth-order valence-corrected chi connectivity index (χ4v) is 7.01. The maximum Gasteiger partial charge on any atom is 0.252 e. The largest absolute Gasteiger partial charge is 0.490 e. The van der Waals surface area contributed by atoms with Crippen LogP contribution in [0.5, 0.6) is 11.5 Å². The minimum atomic E-state index is -0.337. The van der Waals surface area contributed by atoms with Crippen LogP contribution >= 0.6 is 34.8 Å². The molecule has 0 unspecified atom stereocenters. The molecule has 1 heterocycles. The molecule has 2 amide bonds. The van der Waals surface area contributed by atoms with Gasteiger partial charge >= 0.3 is 0 Å². The molecule has 0 spiro atoms. The van der Waals surface area contributed by atoms with Gasteiger partial charge in [-0.3, -0.25) is 9.59 Å². The number of nitrogens with one attached hydrogen (secondary N) is 2. The van der Waals surface area contributed by atoms with Crippen molar-refractivity contribution in [2.24, 2.45) is 5.92 Å². The number of hydrogen-bond acceptors (Lipinski definition) is 7. The molecule has 0 bridgehead atoms. The Bertz CT molecular complexity index is 1700. The molecule has 9 nitrogen and oxygen atoms in total. The Morgan fingerprint density at radius 2 is 1.64 bits per heavy atom. The Balaban J connectivity index is 1.20. The molecule has 3 aromatic rings. The fraction of sp³-hybridized carbons (Fsp3) is 0.421. The Hall–Kier alpha value is -3.31. The van der Waals surface area contributed by atoms with Gasteiger partial charge in [-0.1, -0.05) is 46.9 Å². The zero-order chi connectivity index (χ0) is 35.2. The number of benzene rings is 3. The normalized spacial score (nSPS) is 17.4. The summed E-state index contributed by atoms with van der Waals surface area (Å²) in [5.74, 6) is 1.15. The van der Waals surface area contributed by atoms with Gasteiger partial charge in [0.05, 0.1) is 22.7 Å². The van der Waals surface area contributed by atoms with Gasteiger partial charge in [0.15, 0.2) is 5.75 Å². The minimum absolute atomic E-state index is 0.0252. The molecule has 3 aliphatic rings. The number of halogens is 3. The summed E-state index contributed by atoms with van der Waals surface area (Å²) in [5.41, 5.74) is 4.99. The predicted octanol–water partition coefficient (Wildman–Crippen LogP) is 7.69. The van der Waals surface area contributed by atoms with Gasteiger partial charge in [0.2, 0.25) is 5.91 Å². The monoisotopic (exact) mass is 741 g/mol. The lowest BCUT2D eigenvalue weighted by atomic mass is 9.88. The molecule has 3 aromatic carbocycles. The lowest BCUT2D eigenvalue weighted by Gasteiger charge is -2.33. The summed E-state index contributed by atoms with van der Waals surface area (Å²) in [6, 6.07) is 16.6. The van der Waals surface area contributed by atoms with E-state index in [1.54, 1.807) is 31.4 Å². The van der Waals surface area contributed by atoms with Crippen molar-refractivity contribution >= 4 is 57.9 Å². The summed E-state index contributed by atoms with van der Waals surface area (Å²) >= 11 is 19.3. The first-order chi connectivity index (χ1) is 24.2. The van der Waals surface area contributed by atoms with E-state index in [0.29, 0.717) is 63.9 Å². The molecule has 1 atom stereocenters. The van der Waals surface area contributed by atoms with Crippen LogP contribution in [0.1, 0.15) is 48.8 Å². The lowest BCUT2D eigenvalue weighted by Crippen LogP contribution is -2.47. The highest BCUT2D eigenvalue weighted by Gasteiger charge is 2.39. The van der Waals surface area contributed by atoms with Gasteiger partial charge in [-0.05, 0) is 110 Å². The average Bonchev–Trinajstić information content (AvgIpc) is 4.02. The molecule has 2 fully saturated rings. The number of carbonyl (C=O) groups is 2. The van der Waals surface area contributed by atoms with Crippen molar-refractivity contribution in [3.8, 4) is 11.5 Å². The van der Waals surface area contributed by atoms with E-state index in [2.05, 4.69) is 10.6 Å². The molecule has 2 aliphatic carbocycles. The third-order valence-electron chi connectivity index (χ3n) is 8.95. The minimum Gasteiger partial charge on any atom is -0.490 e. The van der Waals surface area contributed by atoms with Crippen LogP contribution in [0.3, 0.4) is 0 Å². The highest BCUT2D eigenvalue weighted by atomic mass is 35.5. The number of methoxy groups -OCH3 is 1. The number of rotatable bonds is 16. The second-order valence-electron chi connectivity index (χ2n) is 12.9. The van der Waals surface area contributed by atoms with Crippen LogP contribution in [-0.4, -0.2) is 69.1 Å². The van der Waals surface area contributed by atoms with Crippen molar-refractivity contribution in [2.75, 3.05) is 45.6 Å². The summed E-state index contributed by atoms with van der Waals surface area (Å²) in [5, 5.41) is 7.97. The summed E-state index contributed by atoms with van der Waals surface area (Å²) in [4.78, 5) is 29.0. The number of anilines is 1. The predicted molar refractivity (Wildman–Crippen MR) is 196 cm³/mol. The number of hydrogen-bond donors (Lipinski definition) is 2. The molecule has 2 saturated carbocycles. The van der Waals surface area contributed by atoms with E-state index < -0.39 is 0 Å². The van der Waals surface area contributed by atoms with Crippen molar-refractivity contribution < 1.29 is 28.5 Å². The van der Waals surface area contributed by atoms with Crippen molar-refractivity contribution in [3.63, 3.8) is 0 Å². The summed E-state index contributed by atoms with van der Waals surface area (Å²) in [6.45, 7) is 3.88. The van der Waals surface area contributed by atoms with Crippen molar-refractivity contribution in [3.05, 3.63) is 91.9 Å². The van der Waals surface area contributed by atoms with Crippen LogP contribution < -0.4 is 20.1 Å². The van der Waals surface area contributed by atoms with E-state index in [1.165, 1.54) is 0 Å². The smallest absolute Gasteiger partial charge is 0.252 e. The number of ether oxygens (including phenoxy) is 4. The molecule has 2 N–H and O–H groups in total. The molecular weight excluding hydrogens is 701 g/mol. The van der Waals surface area contributed by atoms with Crippen LogP contribution in [0.2, 0.25) is 15.1 Å². The van der Waals surface area contributed by atoms with Gasteiger partial charge in [-0.15, -0.1) is 0 Å². The highest BCUT2D eigenvalue weighted by Crippen LogP contribution is 2.37. The second-order valence-corrected chi connectivity index (χ2v) is 14.2. The van der Waals surface area contributed by atoms with Crippen molar-refractivity contribution in [2.45, 2.75) is 57.7 Å². The SMILES string of the molecule is COCOC[C@H]1NCCC(c2ccc(OCCOc3c(Cl)cc(C)cc3Cl)cc2)=C1C(=O)N(Cc1cc(NC(=O)C2CC2)ccc1Cl)C1CC1. The van der Waals surface area contributed by atoms with E-state index in [4.69, 9.17) is 53.8 Å². The second kappa shape index (κ2) is 16.8. The Labute approximate surface area is 308 Å². The first kappa shape index (κ1) is 36.5. The van der Waals surface area contributed by atoms with Crippen molar-refractivity contribution in [1.29, 1.82) is 0 Å². The van der Waals surface area contributed by atoms with Crippen LogP contribution in [0.15, 0.2) is 60.2 Å². The van der Waals surface area contributed by atoms with Gasteiger partial charge in [-0.25, -0.2) is 0 Å².